The van der Waals surface area contributed by atoms with E-state index in [0.29, 0.717) is 19.4 Å². The Labute approximate surface area is 117 Å². The van der Waals surface area contributed by atoms with Crippen LogP contribution >= 0.6 is 11.6 Å². The predicted molar refractivity (Wildman–Crippen MR) is 72.0 cm³/mol. The Morgan fingerprint density at radius 3 is 2.74 bits per heavy atom. The molecule has 2 N–H and O–H groups in total. The summed E-state index contributed by atoms with van der Waals surface area (Å²) in [6, 6.07) is 3.14. The lowest BCUT2D eigenvalue weighted by Gasteiger charge is -2.35. The van der Waals surface area contributed by atoms with Crippen LogP contribution in [0.25, 0.3) is 0 Å². The Balaban J connectivity index is 2.37. The van der Waals surface area contributed by atoms with Gasteiger partial charge < -0.3 is 5.73 Å². The molecule has 0 spiro atoms. The van der Waals surface area contributed by atoms with E-state index in [2.05, 4.69) is 0 Å². The summed E-state index contributed by atoms with van der Waals surface area (Å²) in [6.07, 6.45) is 1.22. The third kappa shape index (κ3) is 2.91. The van der Waals surface area contributed by atoms with E-state index >= 15 is 0 Å². The molecular formula is C12H16ClFN2O2S. The second-order valence-electron chi connectivity index (χ2n) is 4.82. The molecular weight excluding hydrogens is 291 g/mol. The quantitative estimate of drug-likeness (QED) is 0.908. The lowest BCUT2D eigenvalue weighted by atomic mass is 10.0. The van der Waals surface area contributed by atoms with Gasteiger partial charge in [0.05, 0.1) is 5.02 Å². The van der Waals surface area contributed by atoms with E-state index in [0.717, 1.165) is 12.1 Å². The molecule has 2 atom stereocenters. The molecule has 1 aliphatic heterocycles. The average molecular weight is 307 g/mol. The van der Waals surface area contributed by atoms with Crippen LogP contribution in [0.1, 0.15) is 19.8 Å². The highest BCUT2D eigenvalue weighted by Gasteiger charge is 2.34. The zero-order valence-electron chi connectivity index (χ0n) is 10.5. The van der Waals surface area contributed by atoms with Crippen LogP contribution in [-0.4, -0.2) is 31.4 Å². The molecule has 0 radical (unpaired) electrons. The number of hydrogen-bond donors (Lipinski definition) is 1. The third-order valence-electron chi connectivity index (χ3n) is 3.34. The van der Waals surface area contributed by atoms with Gasteiger partial charge in [-0.25, -0.2) is 12.8 Å². The van der Waals surface area contributed by atoms with Crippen molar-refractivity contribution in [1.29, 1.82) is 0 Å². The Morgan fingerprint density at radius 1 is 1.47 bits per heavy atom. The number of benzene rings is 1. The fourth-order valence-corrected chi connectivity index (χ4v) is 4.52. The van der Waals surface area contributed by atoms with Crippen molar-refractivity contribution in [3.8, 4) is 0 Å². The van der Waals surface area contributed by atoms with Gasteiger partial charge in [-0.15, -0.1) is 0 Å². The SMILES string of the molecule is C[C@H]1C[C@@H](N)CCN1S(=O)(=O)c1ccc(F)cc1Cl. The van der Waals surface area contributed by atoms with Crippen molar-refractivity contribution in [2.45, 2.75) is 36.7 Å². The summed E-state index contributed by atoms with van der Waals surface area (Å²) in [5.74, 6) is -0.558. The van der Waals surface area contributed by atoms with Gasteiger partial charge in [-0.3, -0.25) is 0 Å². The van der Waals surface area contributed by atoms with Crippen LogP contribution in [0.15, 0.2) is 23.1 Å². The van der Waals surface area contributed by atoms with Gasteiger partial charge in [0.25, 0.3) is 0 Å². The summed E-state index contributed by atoms with van der Waals surface area (Å²) < 4.78 is 39.4. The summed E-state index contributed by atoms with van der Waals surface area (Å²) in [6.45, 7) is 2.17. The van der Waals surface area contributed by atoms with Gasteiger partial charge in [-0.05, 0) is 38.0 Å². The minimum atomic E-state index is -3.70. The number of sulfonamides is 1. The Bertz CT molecular complexity index is 579. The largest absolute Gasteiger partial charge is 0.328 e. The number of halogens is 2. The van der Waals surface area contributed by atoms with Crippen LogP contribution in [0.4, 0.5) is 4.39 Å². The molecule has 0 aromatic heterocycles. The number of hydrogen-bond acceptors (Lipinski definition) is 3. The van der Waals surface area contributed by atoms with Gasteiger partial charge in [-0.2, -0.15) is 4.31 Å². The van der Waals surface area contributed by atoms with Crippen LogP contribution < -0.4 is 5.73 Å². The molecule has 1 aliphatic rings. The first-order chi connectivity index (χ1) is 8.82. The van der Waals surface area contributed by atoms with E-state index in [9.17, 15) is 12.8 Å². The van der Waals surface area contributed by atoms with Gasteiger partial charge in [0.2, 0.25) is 10.0 Å². The minimum absolute atomic E-state index is 0.0186. The Morgan fingerprint density at radius 2 is 2.16 bits per heavy atom. The van der Waals surface area contributed by atoms with Crippen molar-refractivity contribution in [3.63, 3.8) is 0 Å². The molecule has 0 aliphatic carbocycles. The van der Waals surface area contributed by atoms with Gasteiger partial charge in [0.1, 0.15) is 10.7 Å². The Hall–Kier alpha value is -0.690. The van der Waals surface area contributed by atoms with Gasteiger partial charge in [0.15, 0.2) is 0 Å². The standard InChI is InChI=1S/C12H16ClFN2O2S/c1-8-6-10(15)4-5-16(8)19(17,18)12-3-2-9(14)7-11(12)13/h2-3,7-8,10H,4-6,15H2,1H3/t8-,10-/m0/s1. The summed E-state index contributed by atoms with van der Waals surface area (Å²) >= 11 is 5.84. The predicted octanol–water partition coefficient (Wildman–Crippen LogP) is 1.98. The molecule has 1 aromatic rings. The number of nitrogens with two attached hydrogens (primary N) is 1. The Kier molecular flexibility index (Phi) is 4.15. The second kappa shape index (κ2) is 5.36. The highest BCUT2D eigenvalue weighted by Crippen LogP contribution is 2.29. The molecule has 1 aromatic carbocycles. The summed E-state index contributed by atoms with van der Waals surface area (Å²) in [4.78, 5) is -0.0575. The van der Waals surface area contributed by atoms with E-state index in [1.54, 1.807) is 0 Å². The molecule has 1 heterocycles. The number of rotatable bonds is 2. The van der Waals surface area contributed by atoms with Crippen molar-refractivity contribution >= 4 is 21.6 Å². The topological polar surface area (TPSA) is 63.4 Å². The van der Waals surface area contributed by atoms with Crippen molar-refractivity contribution < 1.29 is 12.8 Å². The summed E-state index contributed by atoms with van der Waals surface area (Å²) in [7, 11) is -3.70. The average Bonchev–Trinajstić information content (AvgIpc) is 2.27. The zero-order valence-corrected chi connectivity index (χ0v) is 12.1. The lowest BCUT2D eigenvalue weighted by molar-refractivity contribution is 0.247. The summed E-state index contributed by atoms with van der Waals surface area (Å²) in [5, 5.41) is -0.0953. The third-order valence-corrected chi connectivity index (χ3v) is 5.83. The molecule has 1 saturated heterocycles. The highest BCUT2D eigenvalue weighted by molar-refractivity contribution is 7.89. The van der Waals surface area contributed by atoms with E-state index in [4.69, 9.17) is 17.3 Å². The van der Waals surface area contributed by atoms with Crippen LogP contribution in [0.3, 0.4) is 0 Å². The van der Waals surface area contributed by atoms with Crippen molar-refractivity contribution in [1.82, 2.24) is 4.31 Å². The molecule has 7 heteroatoms. The molecule has 0 amide bonds. The lowest BCUT2D eigenvalue weighted by Crippen LogP contribution is -2.48. The maximum absolute atomic E-state index is 13.0. The first-order valence-corrected chi connectivity index (χ1v) is 7.86. The van der Waals surface area contributed by atoms with Crippen LogP contribution in [0, 0.1) is 5.82 Å². The molecule has 4 nitrogen and oxygen atoms in total. The van der Waals surface area contributed by atoms with Gasteiger partial charge in [-0.1, -0.05) is 11.6 Å². The van der Waals surface area contributed by atoms with E-state index in [-0.39, 0.29) is 22.0 Å². The normalized spacial score (nSPS) is 25.5. The summed E-state index contributed by atoms with van der Waals surface area (Å²) in [5.41, 5.74) is 5.82. The second-order valence-corrected chi connectivity index (χ2v) is 7.09. The molecule has 2 rings (SSSR count). The molecule has 106 valence electrons. The molecule has 0 saturated carbocycles. The van der Waals surface area contributed by atoms with Crippen molar-refractivity contribution in [2.24, 2.45) is 5.73 Å². The van der Waals surface area contributed by atoms with Crippen molar-refractivity contribution in [3.05, 3.63) is 29.0 Å². The fourth-order valence-electron chi connectivity index (χ4n) is 2.35. The zero-order chi connectivity index (χ0) is 14.2. The van der Waals surface area contributed by atoms with Crippen LogP contribution in [-0.2, 0) is 10.0 Å². The first kappa shape index (κ1) is 14.7. The minimum Gasteiger partial charge on any atom is -0.328 e. The number of nitrogens with zero attached hydrogens (tertiary/aromatic N) is 1. The molecule has 0 bridgehead atoms. The first-order valence-electron chi connectivity index (χ1n) is 6.05. The maximum Gasteiger partial charge on any atom is 0.244 e. The smallest absolute Gasteiger partial charge is 0.244 e. The van der Waals surface area contributed by atoms with Crippen LogP contribution in [0.2, 0.25) is 5.02 Å². The molecule has 19 heavy (non-hydrogen) atoms. The van der Waals surface area contributed by atoms with Gasteiger partial charge >= 0.3 is 0 Å². The van der Waals surface area contributed by atoms with E-state index < -0.39 is 15.8 Å². The molecule has 1 fully saturated rings. The fraction of sp³-hybridized carbons (Fsp3) is 0.500. The van der Waals surface area contributed by atoms with Crippen LogP contribution in [0.5, 0.6) is 0 Å². The monoisotopic (exact) mass is 306 g/mol. The number of piperidine rings is 1. The highest BCUT2D eigenvalue weighted by atomic mass is 35.5. The van der Waals surface area contributed by atoms with Gasteiger partial charge in [0, 0.05) is 18.6 Å². The molecule has 0 unspecified atom stereocenters. The van der Waals surface area contributed by atoms with Crippen molar-refractivity contribution in [2.75, 3.05) is 6.54 Å². The van der Waals surface area contributed by atoms with E-state index in [1.807, 2.05) is 6.92 Å². The maximum atomic E-state index is 13.0. The van der Waals surface area contributed by atoms with E-state index in [1.165, 1.54) is 10.4 Å².